The molecule has 2 aromatic carbocycles. The summed E-state index contributed by atoms with van der Waals surface area (Å²) in [6.45, 7) is 0.267. The molecule has 2 aromatic rings. The Morgan fingerprint density at radius 2 is 1.85 bits per heavy atom. The van der Waals surface area contributed by atoms with Crippen molar-refractivity contribution in [1.82, 2.24) is 10.0 Å². The second kappa shape index (κ2) is 9.34. The molecule has 0 saturated heterocycles. The highest BCUT2D eigenvalue weighted by atomic mass is 35.5. The zero-order chi connectivity index (χ0) is 19.0. The van der Waals surface area contributed by atoms with Crippen LogP contribution in [0.3, 0.4) is 0 Å². The first-order chi connectivity index (χ1) is 12.4. The molecule has 1 amide bonds. The molecule has 2 N–H and O–H groups in total. The summed E-state index contributed by atoms with van der Waals surface area (Å²) in [5.74, 6) is -0.170. The first-order valence-electron chi connectivity index (χ1n) is 7.92. The third-order valence-electron chi connectivity index (χ3n) is 3.57. The highest BCUT2D eigenvalue weighted by molar-refractivity contribution is 7.89. The number of carbonyl (C=O) groups is 1. The molecule has 136 valence electrons. The summed E-state index contributed by atoms with van der Waals surface area (Å²) in [5.41, 5.74) is 1.53. The first kappa shape index (κ1) is 19.9. The van der Waals surface area contributed by atoms with Gasteiger partial charge in [0.25, 0.3) is 0 Å². The van der Waals surface area contributed by atoms with Gasteiger partial charge in [-0.3, -0.25) is 4.79 Å². The molecule has 0 aliphatic heterocycles. The highest BCUT2D eigenvalue weighted by Crippen LogP contribution is 2.14. The first-order valence-corrected chi connectivity index (χ1v) is 9.78. The number of nitrogens with one attached hydrogen (secondary N) is 2. The van der Waals surface area contributed by atoms with Gasteiger partial charge in [0.15, 0.2) is 0 Å². The fourth-order valence-corrected chi connectivity index (χ4v) is 3.53. The van der Waals surface area contributed by atoms with Crippen molar-refractivity contribution in [1.29, 1.82) is 5.26 Å². The Kier molecular flexibility index (Phi) is 7.16. The van der Waals surface area contributed by atoms with Crippen LogP contribution in [-0.2, 0) is 21.2 Å². The van der Waals surface area contributed by atoms with E-state index in [4.69, 9.17) is 16.9 Å². The van der Waals surface area contributed by atoms with E-state index in [9.17, 15) is 13.2 Å². The maximum Gasteiger partial charge on any atom is 0.240 e. The molecule has 0 unspecified atom stereocenters. The maximum atomic E-state index is 12.1. The minimum Gasteiger partial charge on any atom is -0.355 e. The van der Waals surface area contributed by atoms with E-state index in [1.807, 2.05) is 18.2 Å². The quantitative estimate of drug-likeness (QED) is 0.674. The number of carbonyl (C=O) groups excluding carboxylic acids is 1. The Morgan fingerprint density at radius 3 is 2.50 bits per heavy atom. The van der Waals surface area contributed by atoms with Gasteiger partial charge in [-0.05, 0) is 42.3 Å². The number of aryl methyl sites for hydroxylation is 1. The average Bonchev–Trinajstić information content (AvgIpc) is 2.64. The highest BCUT2D eigenvalue weighted by Gasteiger charge is 2.13. The standard InChI is InChI=1S/C18H18ClN3O3S/c19-16-2-1-3-17(12-16)26(24,25)22-11-10-21-18(23)9-8-14-4-6-15(13-20)7-5-14/h1-7,12,22H,8-11H2,(H,21,23). The third kappa shape index (κ3) is 6.15. The van der Waals surface area contributed by atoms with Gasteiger partial charge < -0.3 is 5.32 Å². The number of benzene rings is 2. The van der Waals surface area contributed by atoms with Gasteiger partial charge in [-0.1, -0.05) is 29.8 Å². The van der Waals surface area contributed by atoms with E-state index < -0.39 is 10.0 Å². The molecule has 0 fully saturated rings. The van der Waals surface area contributed by atoms with Crippen LogP contribution in [0.25, 0.3) is 0 Å². The van der Waals surface area contributed by atoms with Gasteiger partial charge in [-0.25, -0.2) is 13.1 Å². The number of hydrogen-bond acceptors (Lipinski definition) is 4. The molecule has 0 aromatic heterocycles. The largest absolute Gasteiger partial charge is 0.355 e. The fourth-order valence-electron chi connectivity index (χ4n) is 2.20. The number of nitriles is 1. The molecule has 6 nitrogen and oxygen atoms in total. The van der Waals surface area contributed by atoms with Crippen LogP contribution in [0.5, 0.6) is 0 Å². The topological polar surface area (TPSA) is 99.1 Å². The van der Waals surface area contributed by atoms with Crippen molar-refractivity contribution in [3.63, 3.8) is 0 Å². The number of nitrogens with zero attached hydrogens (tertiary/aromatic N) is 1. The summed E-state index contributed by atoms with van der Waals surface area (Å²) in [7, 11) is -3.65. The lowest BCUT2D eigenvalue weighted by molar-refractivity contribution is -0.121. The van der Waals surface area contributed by atoms with E-state index >= 15 is 0 Å². The molecule has 0 atom stereocenters. The second-order valence-corrected chi connectivity index (χ2v) is 7.72. The molecule has 0 bridgehead atoms. The summed E-state index contributed by atoms with van der Waals surface area (Å²) < 4.78 is 26.6. The SMILES string of the molecule is N#Cc1ccc(CCC(=O)NCCNS(=O)(=O)c2cccc(Cl)c2)cc1. The van der Waals surface area contributed by atoms with Crippen LogP contribution in [0, 0.1) is 11.3 Å². The lowest BCUT2D eigenvalue weighted by Gasteiger charge is -2.08. The van der Waals surface area contributed by atoms with E-state index in [0.717, 1.165) is 5.56 Å². The van der Waals surface area contributed by atoms with Crippen molar-refractivity contribution in [3.05, 3.63) is 64.7 Å². The lowest BCUT2D eigenvalue weighted by atomic mass is 10.1. The predicted molar refractivity (Wildman–Crippen MR) is 99.1 cm³/mol. The van der Waals surface area contributed by atoms with Crippen molar-refractivity contribution in [2.45, 2.75) is 17.7 Å². The van der Waals surface area contributed by atoms with Gasteiger partial charge in [-0.15, -0.1) is 0 Å². The zero-order valence-electron chi connectivity index (χ0n) is 13.9. The monoisotopic (exact) mass is 391 g/mol. The van der Waals surface area contributed by atoms with E-state index in [0.29, 0.717) is 17.0 Å². The number of rotatable bonds is 8. The van der Waals surface area contributed by atoms with Crippen LogP contribution < -0.4 is 10.0 Å². The molecule has 0 aliphatic rings. The number of sulfonamides is 1. The van der Waals surface area contributed by atoms with Gasteiger partial charge in [-0.2, -0.15) is 5.26 Å². The maximum absolute atomic E-state index is 12.1. The third-order valence-corrected chi connectivity index (χ3v) is 5.26. The Hall–Kier alpha value is -2.40. The van der Waals surface area contributed by atoms with Gasteiger partial charge in [0.05, 0.1) is 16.5 Å². The van der Waals surface area contributed by atoms with Crippen molar-refractivity contribution < 1.29 is 13.2 Å². The summed E-state index contributed by atoms with van der Waals surface area (Å²) >= 11 is 5.79. The summed E-state index contributed by atoms with van der Waals surface area (Å²) in [6, 6.07) is 15.0. The summed E-state index contributed by atoms with van der Waals surface area (Å²) in [4.78, 5) is 11.9. The van der Waals surface area contributed by atoms with Crippen molar-refractivity contribution >= 4 is 27.5 Å². The Morgan fingerprint density at radius 1 is 1.12 bits per heavy atom. The average molecular weight is 392 g/mol. The smallest absolute Gasteiger partial charge is 0.240 e. The molecule has 2 rings (SSSR count). The molecule has 0 radical (unpaired) electrons. The number of halogens is 1. The van der Waals surface area contributed by atoms with Crippen molar-refractivity contribution in [2.24, 2.45) is 0 Å². The van der Waals surface area contributed by atoms with Crippen LogP contribution in [-0.4, -0.2) is 27.4 Å². The van der Waals surface area contributed by atoms with E-state index in [2.05, 4.69) is 10.0 Å². The summed E-state index contributed by atoms with van der Waals surface area (Å²) in [6.07, 6.45) is 0.832. The Labute approximate surface area is 157 Å². The minimum atomic E-state index is -3.65. The zero-order valence-corrected chi connectivity index (χ0v) is 15.5. The minimum absolute atomic E-state index is 0.0807. The van der Waals surface area contributed by atoms with Crippen molar-refractivity contribution in [2.75, 3.05) is 13.1 Å². The molecular weight excluding hydrogens is 374 g/mol. The molecule has 0 spiro atoms. The molecule has 0 aliphatic carbocycles. The van der Waals surface area contributed by atoms with Gasteiger partial charge >= 0.3 is 0 Å². The number of amides is 1. The van der Waals surface area contributed by atoms with Crippen LogP contribution in [0.2, 0.25) is 5.02 Å². The molecular formula is C18H18ClN3O3S. The van der Waals surface area contributed by atoms with Crippen LogP contribution in [0.15, 0.2) is 53.4 Å². The van der Waals surface area contributed by atoms with Crippen LogP contribution >= 0.6 is 11.6 Å². The van der Waals surface area contributed by atoms with Gasteiger partial charge in [0, 0.05) is 24.5 Å². The number of hydrogen-bond donors (Lipinski definition) is 2. The normalized spacial score (nSPS) is 10.9. The lowest BCUT2D eigenvalue weighted by Crippen LogP contribution is -2.34. The van der Waals surface area contributed by atoms with Crippen LogP contribution in [0.1, 0.15) is 17.5 Å². The Bertz CT molecular complexity index is 906. The van der Waals surface area contributed by atoms with Gasteiger partial charge in [0.1, 0.15) is 0 Å². The summed E-state index contributed by atoms with van der Waals surface area (Å²) in [5, 5.41) is 11.7. The van der Waals surface area contributed by atoms with E-state index in [1.165, 1.54) is 12.1 Å². The van der Waals surface area contributed by atoms with Crippen molar-refractivity contribution in [3.8, 4) is 6.07 Å². The fraction of sp³-hybridized carbons (Fsp3) is 0.222. The molecule has 8 heteroatoms. The van der Waals surface area contributed by atoms with E-state index in [1.54, 1.807) is 24.3 Å². The Balaban J connectivity index is 1.72. The van der Waals surface area contributed by atoms with Gasteiger partial charge in [0.2, 0.25) is 15.9 Å². The molecule has 0 heterocycles. The molecule has 26 heavy (non-hydrogen) atoms. The van der Waals surface area contributed by atoms with Crippen LogP contribution in [0.4, 0.5) is 0 Å². The van der Waals surface area contributed by atoms with E-state index in [-0.39, 0.29) is 30.3 Å². The molecule has 0 saturated carbocycles. The second-order valence-electron chi connectivity index (χ2n) is 5.51. The predicted octanol–water partition coefficient (Wildman–Crippen LogP) is 2.24.